The van der Waals surface area contributed by atoms with Gasteiger partial charge in [-0.05, 0) is 35.4 Å². The van der Waals surface area contributed by atoms with E-state index in [2.05, 4.69) is 31.9 Å². The van der Waals surface area contributed by atoms with Gasteiger partial charge in [-0.15, -0.1) is 10.2 Å². The van der Waals surface area contributed by atoms with E-state index in [1.54, 1.807) is 18.0 Å². The van der Waals surface area contributed by atoms with Crippen molar-refractivity contribution in [2.75, 3.05) is 0 Å². The van der Waals surface area contributed by atoms with Gasteiger partial charge in [0.1, 0.15) is 5.69 Å². The highest BCUT2D eigenvalue weighted by Gasteiger charge is 2.16. The first-order valence-electron chi connectivity index (χ1n) is 8.66. The maximum absolute atomic E-state index is 6.14. The number of hydrogen-bond acceptors (Lipinski definition) is 4. The minimum atomic E-state index is 0.555. The molecule has 0 fully saturated rings. The summed E-state index contributed by atoms with van der Waals surface area (Å²) in [5, 5.41) is 10.8. The molecule has 7 heteroatoms. The summed E-state index contributed by atoms with van der Waals surface area (Å²) in [6, 6.07) is 21.7. The van der Waals surface area contributed by atoms with E-state index in [1.807, 2.05) is 54.6 Å². The smallest absolute Gasteiger partial charge is 0.192 e. The standard InChI is InChI=1S/C21H16Cl2N4S/c22-17-10-9-16(12-18(17)23)14-28-21-26-25-20(19-8-4-5-11-24-19)27(21)13-15-6-2-1-3-7-15/h1-12H,13-14H2. The molecule has 0 atom stereocenters. The average Bonchev–Trinajstić information content (AvgIpc) is 3.13. The third-order valence-electron chi connectivity index (χ3n) is 4.15. The van der Waals surface area contributed by atoms with Gasteiger partial charge in [-0.1, -0.05) is 77.4 Å². The van der Waals surface area contributed by atoms with Crippen LogP contribution in [0.15, 0.2) is 78.1 Å². The molecule has 0 aliphatic carbocycles. The van der Waals surface area contributed by atoms with Crippen LogP contribution in [0.5, 0.6) is 0 Å². The first-order chi connectivity index (χ1) is 13.7. The van der Waals surface area contributed by atoms with Crippen molar-refractivity contribution >= 4 is 35.0 Å². The molecule has 2 aromatic heterocycles. The molecule has 140 valence electrons. The third-order valence-corrected chi connectivity index (χ3v) is 5.92. The van der Waals surface area contributed by atoms with E-state index in [0.717, 1.165) is 22.2 Å². The zero-order valence-corrected chi connectivity index (χ0v) is 17.1. The number of aromatic nitrogens is 4. The number of thioether (sulfide) groups is 1. The molecule has 0 aliphatic heterocycles. The Hall–Kier alpha value is -2.34. The second-order valence-corrected chi connectivity index (χ2v) is 7.89. The molecule has 0 N–H and O–H groups in total. The van der Waals surface area contributed by atoms with Crippen molar-refractivity contribution in [1.82, 2.24) is 19.7 Å². The second kappa shape index (κ2) is 8.78. The third kappa shape index (κ3) is 4.38. The number of pyridine rings is 1. The van der Waals surface area contributed by atoms with Crippen molar-refractivity contribution in [3.05, 3.63) is 94.1 Å². The summed E-state index contributed by atoms with van der Waals surface area (Å²) in [7, 11) is 0. The molecule has 0 saturated heterocycles. The molecule has 0 amide bonds. The molecule has 0 aliphatic rings. The van der Waals surface area contributed by atoms with Gasteiger partial charge in [-0.3, -0.25) is 9.55 Å². The highest BCUT2D eigenvalue weighted by molar-refractivity contribution is 7.98. The minimum Gasteiger partial charge on any atom is -0.296 e. The highest BCUT2D eigenvalue weighted by Crippen LogP contribution is 2.29. The van der Waals surface area contributed by atoms with Crippen LogP contribution in [0.4, 0.5) is 0 Å². The Morgan fingerprint density at radius 3 is 2.39 bits per heavy atom. The van der Waals surface area contributed by atoms with Gasteiger partial charge in [-0.25, -0.2) is 0 Å². The van der Waals surface area contributed by atoms with Crippen LogP contribution in [-0.4, -0.2) is 19.7 Å². The summed E-state index contributed by atoms with van der Waals surface area (Å²) in [6.07, 6.45) is 1.76. The monoisotopic (exact) mass is 426 g/mol. The lowest BCUT2D eigenvalue weighted by molar-refractivity contribution is 0.713. The van der Waals surface area contributed by atoms with Crippen molar-refractivity contribution < 1.29 is 0 Å². The quantitative estimate of drug-likeness (QED) is 0.355. The Labute approximate surface area is 177 Å². The minimum absolute atomic E-state index is 0.555. The van der Waals surface area contributed by atoms with Gasteiger partial charge >= 0.3 is 0 Å². The van der Waals surface area contributed by atoms with E-state index in [-0.39, 0.29) is 0 Å². The summed E-state index contributed by atoms with van der Waals surface area (Å²) in [5.74, 6) is 1.47. The van der Waals surface area contributed by atoms with E-state index in [0.29, 0.717) is 22.3 Å². The maximum atomic E-state index is 6.14. The zero-order chi connectivity index (χ0) is 19.3. The first kappa shape index (κ1) is 19.0. The molecule has 4 aromatic rings. The largest absolute Gasteiger partial charge is 0.296 e. The maximum Gasteiger partial charge on any atom is 0.192 e. The number of benzene rings is 2. The van der Waals surface area contributed by atoms with Gasteiger partial charge in [0.05, 0.1) is 16.6 Å². The Morgan fingerprint density at radius 1 is 0.821 bits per heavy atom. The van der Waals surface area contributed by atoms with Gasteiger partial charge < -0.3 is 0 Å². The topological polar surface area (TPSA) is 43.6 Å². The normalized spacial score (nSPS) is 10.9. The molecular formula is C21H16Cl2N4S. The Bertz CT molecular complexity index is 1070. The molecule has 0 bridgehead atoms. The van der Waals surface area contributed by atoms with Crippen LogP contribution in [0, 0.1) is 0 Å². The molecule has 2 aromatic carbocycles. The summed E-state index contributed by atoms with van der Waals surface area (Å²) in [6.45, 7) is 0.670. The van der Waals surface area contributed by atoms with Crippen molar-refractivity contribution in [2.45, 2.75) is 17.5 Å². The molecule has 0 unspecified atom stereocenters. The predicted octanol–water partition coefficient (Wildman–Crippen LogP) is 5.99. The van der Waals surface area contributed by atoms with Crippen LogP contribution < -0.4 is 0 Å². The number of halogens is 2. The molecular weight excluding hydrogens is 411 g/mol. The Morgan fingerprint density at radius 2 is 1.64 bits per heavy atom. The second-order valence-electron chi connectivity index (χ2n) is 6.13. The van der Waals surface area contributed by atoms with Crippen molar-refractivity contribution in [2.24, 2.45) is 0 Å². The van der Waals surface area contributed by atoms with Crippen LogP contribution >= 0.6 is 35.0 Å². The van der Waals surface area contributed by atoms with Crippen LogP contribution in [-0.2, 0) is 12.3 Å². The molecule has 0 spiro atoms. The molecule has 4 rings (SSSR count). The van der Waals surface area contributed by atoms with Crippen LogP contribution in [0.1, 0.15) is 11.1 Å². The van der Waals surface area contributed by atoms with Gasteiger partial charge in [0.2, 0.25) is 0 Å². The average molecular weight is 427 g/mol. The lowest BCUT2D eigenvalue weighted by Gasteiger charge is -2.10. The van der Waals surface area contributed by atoms with Gasteiger partial charge in [0, 0.05) is 11.9 Å². The van der Waals surface area contributed by atoms with Crippen LogP contribution in [0.25, 0.3) is 11.5 Å². The summed E-state index contributed by atoms with van der Waals surface area (Å²) in [5.41, 5.74) is 3.05. The van der Waals surface area contributed by atoms with Crippen molar-refractivity contribution in [3.63, 3.8) is 0 Å². The Kier molecular flexibility index (Phi) is 5.95. The van der Waals surface area contributed by atoms with Gasteiger partial charge in [-0.2, -0.15) is 0 Å². The fraction of sp³-hybridized carbons (Fsp3) is 0.0952. The van der Waals surface area contributed by atoms with Crippen molar-refractivity contribution in [3.8, 4) is 11.5 Å². The highest BCUT2D eigenvalue weighted by atomic mass is 35.5. The fourth-order valence-electron chi connectivity index (χ4n) is 2.77. The van der Waals surface area contributed by atoms with E-state index in [1.165, 1.54) is 5.56 Å². The molecule has 2 heterocycles. The lowest BCUT2D eigenvalue weighted by atomic mass is 10.2. The summed E-state index contributed by atoms with van der Waals surface area (Å²) >= 11 is 13.8. The van der Waals surface area contributed by atoms with Gasteiger partial charge in [0.15, 0.2) is 11.0 Å². The zero-order valence-electron chi connectivity index (χ0n) is 14.8. The van der Waals surface area contributed by atoms with E-state index in [9.17, 15) is 0 Å². The predicted molar refractivity (Wildman–Crippen MR) is 115 cm³/mol. The fourth-order valence-corrected chi connectivity index (χ4v) is 3.97. The molecule has 4 nitrogen and oxygen atoms in total. The van der Waals surface area contributed by atoms with Crippen molar-refractivity contribution in [1.29, 1.82) is 0 Å². The number of nitrogens with zero attached hydrogens (tertiary/aromatic N) is 4. The molecule has 0 saturated carbocycles. The van der Waals surface area contributed by atoms with E-state index < -0.39 is 0 Å². The SMILES string of the molecule is Clc1ccc(CSc2nnc(-c3ccccn3)n2Cc2ccccc2)cc1Cl. The molecule has 28 heavy (non-hydrogen) atoms. The first-order valence-corrected chi connectivity index (χ1v) is 10.4. The number of hydrogen-bond donors (Lipinski definition) is 0. The van der Waals surface area contributed by atoms with Crippen LogP contribution in [0.2, 0.25) is 10.0 Å². The number of rotatable bonds is 6. The van der Waals surface area contributed by atoms with Crippen LogP contribution in [0.3, 0.4) is 0 Å². The van der Waals surface area contributed by atoms with E-state index in [4.69, 9.17) is 23.2 Å². The molecule has 0 radical (unpaired) electrons. The van der Waals surface area contributed by atoms with Gasteiger partial charge in [0.25, 0.3) is 0 Å². The lowest BCUT2D eigenvalue weighted by Crippen LogP contribution is -2.04. The Balaban J connectivity index is 1.64. The van der Waals surface area contributed by atoms with E-state index >= 15 is 0 Å². The summed E-state index contributed by atoms with van der Waals surface area (Å²) < 4.78 is 2.10. The summed E-state index contributed by atoms with van der Waals surface area (Å²) in [4.78, 5) is 4.44.